The standard InChI is InChI=1S/C36H12F39P/c37-19(38,22(43,44)25(49,50)28(55,56)31(61,62)34(67,68)69)13-4-1-7-16(10-13)76(17-8-2-5-14(11-17)20(39,40)23(45,46)26(51,52)29(57,58)32(63,64)35(70,71)72)18-9-3-6-15(12-18)21(41,42)24(47,48)27(53,54)30(59,60)33(65,66)36(73,74)75/h1-12H. The molecule has 0 fully saturated rings. The van der Waals surface area contributed by atoms with E-state index in [2.05, 4.69) is 0 Å². The molecule has 0 saturated heterocycles. The van der Waals surface area contributed by atoms with E-state index in [1.54, 1.807) is 0 Å². The van der Waals surface area contributed by atoms with Gasteiger partial charge in [0.15, 0.2) is 0 Å². The number of benzene rings is 3. The molecular weight excluding hydrogens is 1200 g/mol. The Kier molecular flexibility index (Phi) is 15.7. The minimum atomic E-state index is -8.69. The minimum absolute atomic E-state index is 0.200. The lowest BCUT2D eigenvalue weighted by Gasteiger charge is -2.40. The van der Waals surface area contributed by atoms with E-state index in [1.807, 2.05) is 0 Å². The van der Waals surface area contributed by atoms with Gasteiger partial charge in [0.2, 0.25) is 0 Å². The van der Waals surface area contributed by atoms with Crippen LogP contribution in [0.1, 0.15) is 16.7 Å². The van der Waals surface area contributed by atoms with Gasteiger partial charge in [-0.05, 0) is 42.0 Å². The van der Waals surface area contributed by atoms with Crippen molar-refractivity contribution < 1.29 is 171 Å². The van der Waals surface area contributed by atoms with Gasteiger partial charge < -0.3 is 0 Å². The van der Waals surface area contributed by atoms with Crippen LogP contribution in [0.3, 0.4) is 0 Å². The van der Waals surface area contributed by atoms with Crippen molar-refractivity contribution in [2.45, 2.75) is 107 Å². The molecule has 0 nitrogen and oxygen atoms in total. The Morgan fingerprint density at radius 1 is 0.197 bits per heavy atom. The van der Waals surface area contributed by atoms with Gasteiger partial charge in [-0.15, -0.1) is 0 Å². The van der Waals surface area contributed by atoms with Gasteiger partial charge in [-0.3, -0.25) is 0 Å². The van der Waals surface area contributed by atoms with Crippen molar-refractivity contribution in [2.24, 2.45) is 0 Å². The molecular formula is C36H12F39P. The van der Waals surface area contributed by atoms with Gasteiger partial charge in [-0.2, -0.15) is 171 Å². The Balaban J connectivity index is 2.55. The van der Waals surface area contributed by atoms with Gasteiger partial charge in [-0.25, -0.2) is 0 Å². The second-order valence-electron chi connectivity index (χ2n) is 15.1. The third-order valence-electron chi connectivity index (χ3n) is 10.2. The third-order valence-corrected chi connectivity index (χ3v) is 12.6. The van der Waals surface area contributed by atoms with Gasteiger partial charge in [0.25, 0.3) is 0 Å². The Morgan fingerprint density at radius 3 is 0.513 bits per heavy atom. The maximum Gasteiger partial charge on any atom is 0.460 e. The molecule has 0 unspecified atom stereocenters. The second-order valence-corrected chi connectivity index (χ2v) is 17.3. The summed E-state index contributed by atoms with van der Waals surface area (Å²) in [7, 11) is -4.55. The van der Waals surface area contributed by atoms with Crippen molar-refractivity contribution in [1.29, 1.82) is 0 Å². The number of hydrogen-bond donors (Lipinski definition) is 0. The van der Waals surface area contributed by atoms with Crippen LogP contribution < -0.4 is 15.9 Å². The number of alkyl halides is 39. The molecule has 0 amide bonds. The largest absolute Gasteiger partial charge is 0.460 e. The molecule has 0 aliphatic rings. The quantitative estimate of drug-likeness (QED) is 0.0880. The Bertz CT molecular complexity index is 2300. The van der Waals surface area contributed by atoms with Crippen LogP contribution in [0.5, 0.6) is 0 Å². The van der Waals surface area contributed by atoms with Crippen LogP contribution in [-0.4, -0.2) is 89.6 Å². The predicted molar refractivity (Wildman–Crippen MR) is 174 cm³/mol. The molecule has 0 radical (unpaired) electrons. The first-order chi connectivity index (χ1) is 33.0. The van der Waals surface area contributed by atoms with Crippen LogP contribution in [0.15, 0.2) is 72.8 Å². The van der Waals surface area contributed by atoms with E-state index >= 15 is 26.3 Å². The predicted octanol–water partition coefficient (Wildman–Crippen LogP) is 16.0. The number of halogens is 39. The lowest BCUT2D eigenvalue weighted by atomic mass is 9.90. The SMILES string of the molecule is FC(F)(F)C(F)(F)C(F)(F)C(F)(F)C(F)(F)C(F)(F)c1cccc(P(c2cccc(C(F)(F)C(F)(F)C(F)(F)C(F)(F)C(F)(F)C(F)(F)F)c2)c2cccc(C(F)(F)C(F)(F)C(F)(F)C(F)(F)C(F)(F)C(F)(F)F)c2)c1. The Hall–Kier alpha value is -4.64. The summed E-state index contributed by atoms with van der Waals surface area (Å²) in [6.45, 7) is 0. The first kappa shape index (κ1) is 65.6. The van der Waals surface area contributed by atoms with Crippen molar-refractivity contribution in [3.8, 4) is 0 Å². The lowest BCUT2D eigenvalue weighted by Crippen LogP contribution is -2.69. The molecule has 0 spiro atoms. The van der Waals surface area contributed by atoms with E-state index < -0.39 is 202 Å². The molecule has 0 bridgehead atoms. The van der Waals surface area contributed by atoms with Crippen LogP contribution in [0.4, 0.5) is 171 Å². The van der Waals surface area contributed by atoms with E-state index in [-0.39, 0.29) is 18.2 Å². The highest BCUT2D eigenvalue weighted by Crippen LogP contribution is 2.66. The van der Waals surface area contributed by atoms with Gasteiger partial charge in [-0.1, -0.05) is 54.6 Å². The summed E-state index contributed by atoms with van der Waals surface area (Å²) < 4.78 is 546. The number of hydrogen-bond acceptors (Lipinski definition) is 0. The van der Waals surface area contributed by atoms with E-state index in [0.717, 1.165) is 0 Å². The van der Waals surface area contributed by atoms with Gasteiger partial charge >= 0.3 is 107 Å². The van der Waals surface area contributed by atoms with E-state index in [9.17, 15) is 145 Å². The maximum absolute atomic E-state index is 15.4. The van der Waals surface area contributed by atoms with Gasteiger partial charge in [0.1, 0.15) is 0 Å². The van der Waals surface area contributed by atoms with Crippen molar-refractivity contribution in [3.05, 3.63) is 89.5 Å². The first-order valence-electron chi connectivity index (χ1n) is 18.0. The zero-order chi connectivity index (χ0) is 60.5. The average molecular weight is 1220 g/mol. The zero-order valence-electron chi connectivity index (χ0n) is 34.1. The molecule has 3 aromatic carbocycles. The smallest absolute Gasteiger partial charge is 0.194 e. The lowest BCUT2D eigenvalue weighted by molar-refractivity contribution is -0.441. The van der Waals surface area contributed by atoms with Gasteiger partial charge in [0, 0.05) is 16.7 Å². The summed E-state index contributed by atoms with van der Waals surface area (Å²) in [6, 6.07) is -7.38. The highest BCUT2D eigenvalue weighted by molar-refractivity contribution is 7.79. The fourth-order valence-electron chi connectivity index (χ4n) is 5.82. The second kappa shape index (κ2) is 18.2. The summed E-state index contributed by atoms with van der Waals surface area (Å²) in [4.78, 5) is 0. The van der Waals surface area contributed by atoms with Crippen LogP contribution in [0.25, 0.3) is 0 Å². The summed E-state index contributed by atoms with van der Waals surface area (Å²) >= 11 is 0. The van der Waals surface area contributed by atoms with E-state index in [0.29, 0.717) is 0 Å². The molecule has 76 heavy (non-hydrogen) atoms. The molecule has 0 saturated carbocycles. The first-order valence-corrected chi connectivity index (χ1v) is 19.3. The topological polar surface area (TPSA) is 0 Å². The molecule has 40 heteroatoms. The Morgan fingerprint density at radius 2 is 0.355 bits per heavy atom. The van der Waals surface area contributed by atoms with Crippen LogP contribution in [-0.2, 0) is 17.8 Å². The summed E-state index contributed by atoms with van der Waals surface area (Å²) in [6.07, 6.45) is -24.1. The number of rotatable bonds is 18. The molecule has 3 rings (SSSR count). The molecule has 0 heterocycles. The average Bonchev–Trinajstić information content (AvgIpc) is 3.24. The summed E-state index contributed by atoms with van der Waals surface area (Å²) in [5.41, 5.74) is -9.68. The van der Waals surface area contributed by atoms with Gasteiger partial charge in [0.05, 0.1) is 0 Å². The molecule has 3 aromatic rings. The molecule has 0 aliphatic heterocycles. The van der Waals surface area contributed by atoms with Crippen molar-refractivity contribution >= 4 is 23.8 Å². The van der Waals surface area contributed by atoms with Crippen LogP contribution in [0, 0.1) is 0 Å². The molecule has 0 aromatic heterocycles. The molecule has 0 atom stereocenters. The Labute approximate surface area is 392 Å². The van der Waals surface area contributed by atoms with Crippen molar-refractivity contribution in [3.63, 3.8) is 0 Å². The molecule has 0 aliphatic carbocycles. The summed E-state index contributed by atoms with van der Waals surface area (Å²) in [5, 5.41) is -6.00. The minimum Gasteiger partial charge on any atom is -0.194 e. The normalized spacial score (nSPS) is 15.9. The van der Waals surface area contributed by atoms with Crippen molar-refractivity contribution in [2.75, 3.05) is 0 Å². The fraction of sp³-hybridized carbons (Fsp3) is 0.500. The fourth-order valence-corrected chi connectivity index (χ4v) is 8.22. The molecule has 0 N–H and O–H groups in total. The van der Waals surface area contributed by atoms with Crippen LogP contribution >= 0.6 is 7.92 Å². The maximum atomic E-state index is 15.4. The highest BCUT2D eigenvalue weighted by Gasteiger charge is 2.93. The highest BCUT2D eigenvalue weighted by atomic mass is 31.1. The third kappa shape index (κ3) is 8.94. The van der Waals surface area contributed by atoms with Crippen LogP contribution in [0.2, 0.25) is 0 Å². The van der Waals surface area contributed by atoms with Crippen molar-refractivity contribution in [1.82, 2.24) is 0 Å². The van der Waals surface area contributed by atoms with E-state index in [4.69, 9.17) is 0 Å². The zero-order valence-corrected chi connectivity index (χ0v) is 35.0. The summed E-state index contributed by atoms with van der Waals surface area (Å²) in [5.74, 6) is -125. The van der Waals surface area contributed by atoms with E-state index in [1.165, 1.54) is 0 Å². The molecule has 434 valence electrons. The monoisotopic (exact) mass is 1220 g/mol.